The highest BCUT2D eigenvalue weighted by molar-refractivity contribution is 6.07. The number of benzene rings is 3. The minimum atomic E-state index is -0.0825. The van der Waals surface area contributed by atoms with Crippen LogP contribution in [0.4, 0.5) is 17.1 Å². The Kier molecular flexibility index (Phi) is 6.36. The molecule has 0 N–H and O–H groups in total. The third-order valence-corrected chi connectivity index (χ3v) is 6.02. The van der Waals surface area contributed by atoms with Crippen LogP contribution in [0.15, 0.2) is 66.7 Å². The van der Waals surface area contributed by atoms with Crippen LogP contribution in [0.5, 0.6) is 5.75 Å². The number of methoxy groups -OCH3 is 1. The third kappa shape index (κ3) is 4.70. The van der Waals surface area contributed by atoms with Crippen LogP contribution in [0.2, 0.25) is 0 Å². The molecule has 0 atom stereocenters. The molecule has 0 aromatic heterocycles. The molecule has 0 unspecified atom stereocenters. The van der Waals surface area contributed by atoms with E-state index >= 15 is 0 Å². The van der Waals surface area contributed by atoms with Gasteiger partial charge < -0.3 is 19.4 Å². The molecule has 1 heterocycles. The summed E-state index contributed by atoms with van der Waals surface area (Å²) in [5.41, 5.74) is 5.47. The molecule has 0 spiro atoms. The van der Waals surface area contributed by atoms with Gasteiger partial charge >= 0.3 is 0 Å². The SMILES string of the molecule is COc1ccc(N(Cc2ccc(N(C)C)cc2)C(=O)c2ccc3c(c2)CCN3C(C)=O)cc1. The summed E-state index contributed by atoms with van der Waals surface area (Å²) in [6.45, 7) is 2.67. The number of hydrogen-bond acceptors (Lipinski definition) is 4. The van der Waals surface area contributed by atoms with Gasteiger partial charge in [0, 0.05) is 50.2 Å². The maximum absolute atomic E-state index is 13.7. The van der Waals surface area contributed by atoms with E-state index in [1.807, 2.05) is 73.6 Å². The number of ether oxygens (including phenoxy) is 1. The van der Waals surface area contributed by atoms with Crippen LogP contribution in [0.25, 0.3) is 0 Å². The summed E-state index contributed by atoms with van der Waals surface area (Å²) in [6, 6.07) is 21.3. The lowest BCUT2D eigenvalue weighted by Crippen LogP contribution is -2.30. The van der Waals surface area contributed by atoms with Gasteiger partial charge in [0.2, 0.25) is 5.91 Å². The van der Waals surface area contributed by atoms with Gasteiger partial charge in [-0.15, -0.1) is 0 Å². The van der Waals surface area contributed by atoms with Crippen molar-refractivity contribution in [3.63, 3.8) is 0 Å². The second-order valence-corrected chi connectivity index (χ2v) is 8.41. The molecular weight excluding hydrogens is 414 g/mol. The molecular formula is C27H29N3O3. The van der Waals surface area contributed by atoms with Crippen molar-refractivity contribution >= 4 is 28.9 Å². The van der Waals surface area contributed by atoms with E-state index in [-0.39, 0.29) is 11.8 Å². The van der Waals surface area contributed by atoms with Gasteiger partial charge in [0.15, 0.2) is 0 Å². The molecule has 1 aliphatic heterocycles. The van der Waals surface area contributed by atoms with Crippen molar-refractivity contribution in [3.05, 3.63) is 83.4 Å². The first-order valence-corrected chi connectivity index (χ1v) is 11.0. The zero-order chi connectivity index (χ0) is 23.5. The maximum atomic E-state index is 13.7. The summed E-state index contributed by atoms with van der Waals surface area (Å²) in [4.78, 5) is 31.2. The Morgan fingerprint density at radius 1 is 0.939 bits per heavy atom. The van der Waals surface area contributed by atoms with Crippen LogP contribution >= 0.6 is 0 Å². The number of anilines is 3. The monoisotopic (exact) mass is 443 g/mol. The summed E-state index contributed by atoms with van der Waals surface area (Å²) < 4.78 is 5.29. The van der Waals surface area contributed by atoms with Gasteiger partial charge in [-0.2, -0.15) is 0 Å². The average Bonchev–Trinajstić information content (AvgIpc) is 3.26. The first-order valence-electron chi connectivity index (χ1n) is 11.0. The quantitative estimate of drug-likeness (QED) is 0.562. The third-order valence-electron chi connectivity index (χ3n) is 6.02. The fourth-order valence-corrected chi connectivity index (χ4v) is 4.14. The molecule has 2 amide bonds. The molecule has 1 aliphatic rings. The second-order valence-electron chi connectivity index (χ2n) is 8.41. The fraction of sp³-hybridized carbons (Fsp3) is 0.259. The van der Waals surface area contributed by atoms with E-state index in [4.69, 9.17) is 4.74 Å². The highest BCUT2D eigenvalue weighted by Crippen LogP contribution is 2.30. The number of nitrogens with zero attached hydrogens (tertiary/aromatic N) is 3. The zero-order valence-electron chi connectivity index (χ0n) is 19.5. The van der Waals surface area contributed by atoms with Gasteiger partial charge in [-0.25, -0.2) is 0 Å². The summed E-state index contributed by atoms with van der Waals surface area (Å²) in [5, 5.41) is 0. The van der Waals surface area contributed by atoms with Gasteiger partial charge in [0.05, 0.1) is 13.7 Å². The van der Waals surface area contributed by atoms with Gasteiger partial charge in [-0.05, 0) is 72.1 Å². The van der Waals surface area contributed by atoms with Gasteiger partial charge in [0.25, 0.3) is 5.91 Å². The van der Waals surface area contributed by atoms with E-state index in [1.165, 1.54) is 0 Å². The van der Waals surface area contributed by atoms with Crippen LogP contribution < -0.4 is 19.4 Å². The maximum Gasteiger partial charge on any atom is 0.258 e. The molecule has 6 heteroatoms. The molecule has 6 nitrogen and oxygen atoms in total. The average molecular weight is 444 g/mol. The predicted octanol–water partition coefficient (Wildman–Crippen LogP) is 4.52. The Morgan fingerprint density at radius 2 is 1.61 bits per heavy atom. The van der Waals surface area contributed by atoms with E-state index < -0.39 is 0 Å². The first kappa shape index (κ1) is 22.4. The molecule has 4 rings (SSSR count). The Labute approximate surface area is 195 Å². The molecule has 170 valence electrons. The minimum absolute atomic E-state index is 0.0221. The fourth-order valence-electron chi connectivity index (χ4n) is 4.14. The lowest BCUT2D eigenvalue weighted by Gasteiger charge is -2.24. The number of amides is 2. The molecule has 33 heavy (non-hydrogen) atoms. The van der Waals surface area contributed by atoms with Crippen LogP contribution in [-0.2, 0) is 17.8 Å². The lowest BCUT2D eigenvalue weighted by molar-refractivity contribution is -0.116. The minimum Gasteiger partial charge on any atom is -0.497 e. The molecule has 3 aromatic carbocycles. The van der Waals surface area contributed by atoms with Gasteiger partial charge in [0.1, 0.15) is 5.75 Å². The predicted molar refractivity (Wildman–Crippen MR) is 132 cm³/mol. The van der Waals surface area contributed by atoms with Gasteiger partial charge in [-0.1, -0.05) is 12.1 Å². The Bertz CT molecular complexity index is 1150. The van der Waals surface area contributed by atoms with Crippen molar-refractivity contribution in [3.8, 4) is 5.75 Å². The van der Waals surface area contributed by atoms with Crippen molar-refractivity contribution in [1.82, 2.24) is 0 Å². The van der Waals surface area contributed by atoms with E-state index in [2.05, 4.69) is 12.1 Å². The zero-order valence-corrected chi connectivity index (χ0v) is 19.5. The lowest BCUT2D eigenvalue weighted by atomic mass is 10.1. The molecule has 0 aliphatic carbocycles. The van der Waals surface area contributed by atoms with Crippen molar-refractivity contribution in [2.75, 3.05) is 42.4 Å². The largest absolute Gasteiger partial charge is 0.497 e. The highest BCUT2D eigenvalue weighted by Gasteiger charge is 2.25. The Morgan fingerprint density at radius 3 is 2.21 bits per heavy atom. The van der Waals surface area contributed by atoms with Crippen LogP contribution in [0, 0.1) is 0 Å². The number of carbonyl (C=O) groups is 2. The van der Waals surface area contributed by atoms with Crippen molar-refractivity contribution < 1.29 is 14.3 Å². The molecule has 0 saturated carbocycles. The number of carbonyl (C=O) groups excluding carboxylic acids is 2. The smallest absolute Gasteiger partial charge is 0.258 e. The van der Waals surface area contributed by atoms with E-state index in [9.17, 15) is 9.59 Å². The Balaban J connectivity index is 1.66. The van der Waals surface area contributed by atoms with E-state index in [1.54, 1.807) is 23.8 Å². The topological polar surface area (TPSA) is 53.1 Å². The highest BCUT2D eigenvalue weighted by atomic mass is 16.5. The molecule has 3 aromatic rings. The van der Waals surface area contributed by atoms with Crippen molar-refractivity contribution in [2.24, 2.45) is 0 Å². The van der Waals surface area contributed by atoms with Crippen LogP contribution in [0.3, 0.4) is 0 Å². The Hall–Kier alpha value is -3.80. The summed E-state index contributed by atoms with van der Waals surface area (Å²) >= 11 is 0. The standard InChI is InChI=1S/C27H29N3O3/c1-19(31)29-16-15-21-17-22(7-14-26(21)29)27(32)30(24-10-12-25(33-4)13-11-24)18-20-5-8-23(9-6-20)28(2)3/h5-14,17H,15-16,18H2,1-4H3. The molecule has 0 fully saturated rings. The number of fused-ring (bicyclic) bond motifs is 1. The van der Waals surface area contributed by atoms with Crippen molar-refractivity contribution in [2.45, 2.75) is 19.9 Å². The van der Waals surface area contributed by atoms with E-state index in [0.717, 1.165) is 40.4 Å². The summed E-state index contributed by atoms with van der Waals surface area (Å²) in [7, 11) is 5.63. The first-order chi connectivity index (χ1) is 15.9. The normalized spacial score (nSPS) is 12.3. The van der Waals surface area contributed by atoms with Crippen LogP contribution in [0.1, 0.15) is 28.4 Å². The van der Waals surface area contributed by atoms with Crippen molar-refractivity contribution in [1.29, 1.82) is 0 Å². The molecule has 0 saturated heterocycles. The summed E-state index contributed by atoms with van der Waals surface area (Å²) in [5.74, 6) is 0.679. The van der Waals surface area contributed by atoms with E-state index in [0.29, 0.717) is 18.7 Å². The number of hydrogen-bond donors (Lipinski definition) is 0. The summed E-state index contributed by atoms with van der Waals surface area (Å²) in [6.07, 6.45) is 0.755. The number of rotatable bonds is 6. The van der Waals surface area contributed by atoms with Crippen LogP contribution in [-0.4, -0.2) is 39.6 Å². The second kappa shape index (κ2) is 9.36. The molecule has 0 radical (unpaired) electrons. The van der Waals surface area contributed by atoms with Gasteiger partial charge in [-0.3, -0.25) is 9.59 Å². The molecule has 0 bridgehead atoms.